The first-order valence-electron chi connectivity index (χ1n) is 3.77. The fourth-order valence-electron chi connectivity index (χ4n) is 0.819. The Morgan fingerprint density at radius 1 is 1.57 bits per heavy atom. The predicted molar refractivity (Wildman–Crippen MR) is 49.9 cm³/mol. The lowest BCUT2D eigenvalue weighted by atomic mass is 10.5. The van der Waals surface area contributed by atoms with Crippen molar-refractivity contribution in [3.8, 4) is 6.19 Å². The van der Waals surface area contributed by atoms with Crippen LogP contribution in [0.4, 0.5) is 13.2 Å². The van der Waals surface area contributed by atoms with Gasteiger partial charge in [0, 0.05) is 6.54 Å². The molecule has 0 rings (SSSR count). The molecule has 0 aliphatic rings. The van der Waals surface area contributed by atoms with Crippen LogP contribution < -0.4 is 0 Å². The molecule has 0 atom stereocenters. The molecule has 0 saturated carbocycles. The van der Waals surface area contributed by atoms with E-state index < -0.39 is 12.7 Å². The van der Waals surface area contributed by atoms with Crippen LogP contribution in [0.2, 0.25) is 0 Å². The van der Waals surface area contributed by atoms with Crippen molar-refractivity contribution >= 4 is 16.9 Å². The molecule has 3 nitrogen and oxygen atoms in total. The minimum absolute atomic E-state index is 0.0901. The summed E-state index contributed by atoms with van der Waals surface area (Å²) in [6.07, 6.45) is -1.22. The molecular weight excluding hydrogens is 215 g/mol. The summed E-state index contributed by atoms with van der Waals surface area (Å²) in [4.78, 5) is 4.32. The van der Waals surface area contributed by atoms with Crippen LogP contribution in [-0.2, 0) is 0 Å². The molecular formula is C7H10F3N3S. The fraction of sp³-hybridized carbons (Fsp3) is 0.714. The maximum Gasteiger partial charge on any atom is 0.405 e. The number of alkyl halides is 3. The molecule has 0 amide bonds. The number of halogens is 3. The molecule has 0 saturated heterocycles. The van der Waals surface area contributed by atoms with Crippen LogP contribution in [0.15, 0.2) is 4.99 Å². The van der Waals surface area contributed by atoms with Gasteiger partial charge >= 0.3 is 6.18 Å². The van der Waals surface area contributed by atoms with E-state index in [-0.39, 0.29) is 11.7 Å². The van der Waals surface area contributed by atoms with Gasteiger partial charge < -0.3 is 4.90 Å². The smallest absolute Gasteiger partial charge is 0.342 e. The van der Waals surface area contributed by atoms with Gasteiger partial charge in [-0.2, -0.15) is 18.4 Å². The normalized spacial score (nSPS) is 12.4. The highest BCUT2D eigenvalue weighted by Gasteiger charge is 2.31. The first-order chi connectivity index (χ1) is 6.44. The third kappa shape index (κ3) is 4.97. The van der Waals surface area contributed by atoms with Gasteiger partial charge in [0.15, 0.2) is 5.17 Å². The predicted octanol–water partition coefficient (Wildman–Crippen LogP) is 2.07. The van der Waals surface area contributed by atoms with E-state index in [9.17, 15) is 13.2 Å². The molecule has 0 N–H and O–H groups in total. The van der Waals surface area contributed by atoms with Crippen LogP contribution in [0.25, 0.3) is 0 Å². The molecule has 0 radical (unpaired) electrons. The zero-order valence-corrected chi connectivity index (χ0v) is 8.61. The lowest BCUT2D eigenvalue weighted by molar-refractivity contribution is -0.137. The van der Waals surface area contributed by atoms with Gasteiger partial charge in [-0.3, -0.25) is 0 Å². The van der Waals surface area contributed by atoms with Crippen LogP contribution in [-0.4, -0.2) is 35.6 Å². The molecule has 0 heterocycles. The van der Waals surface area contributed by atoms with Gasteiger partial charge in [-0.05, 0) is 13.2 Å². The monoisotopic (exact) mass is 225 g/mol. The third-order valence-electron chi connectivity index (χ3n) is 1.35. The van der Waals surface area contributed by atoms with Gasteiger partial charge in [0.1, 0.15) is 6.54 Å². The van der Waals surface area contributed by atoms with Gasteiger partial charge in [-0.25, -0.2) is 0 Å². The molecule has 0 spiro atoms. The average Bonchev–Trinajstić information content (AvgIpc) is 2.09. The summed E-state index contributed by atoms with van der Waals surface area (Å²) in [5, 5.41) is 8.34. The second kappa shape index (κ2) is 5.75. The zero-order chi connectivity index (χ0) is 11.2. The second-order valence-corrected chi connectivity index (χ2v) is 3.10. The number of thioether (sulfide) groups is 1. The molecule has 14 heavy (non-hydrogen) atoms. The van der Waals surface area contributed by atoms with Gasteiger partial charge in [0.25, 0.3) is 0 Å². The Morgan fingerprint density at radius 3 is 2.43 bits per heavy atom. The van der Waals surface area contributed by atoms with Gasteiger partial charge in [-0.1, -0.05) is 11.8 Å². The minimum atomic E-state index is -4.28. The maximum absolute atomic E-state index is 12.0. The van der Waals surface area contributed by atoms with E-state index >= 15 is 0 Å². The van der Waals surface area contributed by atoms with E-state index in [0.29, 0.717) is 0 Å². The average molecular weight is 225 g/mol. The molecule has 7 heteroatoms. The van der Waals surface area contributed by atoms with Crippen molar-refractivity contribution in [1.82, 2.24) is 4.90 Å². The summed E-state index contributed by atoms with van der Waals surface area (Å²) in [6, 6.07) is 0. The van der Waals surface area contributed by atoms with Gasteiger partial charge in [-0.15, -0.1) is 4.99 Å². The number of rotatable bonds is 2. The standard InChI is InChI=1S/C7H10F3N3S/c1-3-13(4-7(8,9)10)6(14-2)12-5-11/h3-4H2,1-2H3. The van der Waals surface area contributed by atoms with E-state index in [1.165, 1.54) is 6.19 Å². The third-order valence-corrected chi connectivity index (χ3v) is 2.07. The Bertz CT molecular complexity index is 244. The molecule has 0 unspecified atom stereocenters. The number of hydrogen-bond donors (Lipinski definition) is 0. The summed E-state index contributed by atoms with van der Waals surface area (Å²) >= 11 is 1.02. The van der Waals surface area contributed by atoms with Gasteiger partial charge in [0.05, 0.1) is 0 Å². The number of hydrogen-bond acceptors (Lipinski definition) is 3. The van der Waals surface area contributed by atoms with E-state index in [1.807, 2.05) is 0 Å². The summed E-state index contributed by atoms with van der Waals surface area (Å²) in [6.45, 7) is 0.667. The number of nitriles is 1. The molecule has 0 fully saturated rings. The number of aliphatic imine (C=N–C) groups is 1. The van der Waals surface area contributed by atoms with E-state index in [0.717, 1.165) is 16.7 Å². The van der Waals surface area contributed by atoms with Crippen LogP contribution in [0, 0.1) is 11.5 Å². The van der Waals surface area contributed by atoms with E-state index in [4.69, 9.17) is 5.26 Å². The Labute approximate surface area is 84.6 Å². The summed E-state index contributed by atoms with van der Waals surface area (Å²) < 4.78 is 36.1. The molecule has 0 aliphatic heterocycles. The van der Waals surface area contributed by atoms with Crippen molar-refractivity contribution in [2.75, 3.05) is 19.3 Å². The number of nitrogens with zero attached hydrogens (tertiary/aromatic N) is 3. The molecule has 0 aromatic rings. The first-order valence-corrected chi connectivity index (χ1v) is 4.99. The summed E-state index contributed by atoms with van der Waals surface area (Å²) in [7, 11) is 0. The lowest BCUT2D eigenvalue weighted by Gasteiger charge is -2.23. The molecule has 0 aromatic heterocycles. The molecule has 80 valence electrons. The van der Waals surface area contributed by atoms with Crippen LogP contribution >= 0.6 is 11.8 Å². The minimum Gasteiger partial charge on any atom is -0.342 e. The van der Waals surface area contributed by atoms with Crippen molar-refractivity contribution in [3.63, 3.8) is 0 Å². The second-order valence-electron chi connectivity index (χ2n) is 2.33. The highest BCUT2D eigenvalue weighted by atomic mass is 32.2. The number of amidine groups is 1. The Hall–Kier alpha value is -0.900. The van der Waals surface area contributed by atoms with Gasteiger partial charge in [0.2, 0.25) is 6.19 Å². The van der Waals surface area contributed by atoms with E-state index in [1.54, 1.807) is 13.2 Å². The van der Waals surface area contributed by atoms with Crippen LogP contribution in [0.5, 0.6) is 0 Å². The van der Waals surface area contributed by atoms with Crippen molar-refractivity contribution in [3.05, 3.63) is 0 Å². The summed E-state index contributed by atoms with van der Waals surface area (Å²) in [5.74, 6) is 0. The molecule has 0 bridgehead atoms. The molecule has 0 aliphatic carbocycles. The van der Waals surface area contributed by atoms with Crippen molar-refractivity contribution in [1.29, 1.82) is 5.26 Å². The van der Waals surface area contributed by atoms with Crippen LogP contribution in [0.1, 0.15) is 6.92 Å². The zero-order valence-electron chi connectivity index (χ0n) is 7.80. The van der Waals surface area contributed by atoms with Crippen molar-refractivity contribution in [2.45, 2.75) is 13.1 Å². The SMILES string of the molecule is CCN(CC(F)(F)F)C(=NC#N)SC. The highest BCUT2D eigenvalue weighted by molar-refractivity contribution is 8.13. The highest BCUT2D eigenvalue weighted by Crippen LogP contribution is 2.18. The first kappa shape index (κ1) is 13.1. The maximum atomic E-state index is 12.0. The van der Waals surface area contributed by atoms with Crippen LogP contribution in [0.3, 0.4) is 0 Å². The summed E-state index contributed by atoms with van der Waals surface area (Å²) in [5.41, 5.74) is 0. The quantitative estimate of drug-likeness (QED) is 0.410. The molecule has 0 aromatic carbocycles. The topological polar surface area (TPSA) is 39.4 Å². The van der Waals surface area contributed by atoms with Crippen molar-refractivity contribution < 1.29 is 13.2 Å². The Kier molecular flexibility index (Phi) is 5.38. The van der Waals surface area contributed by atoms with Crippen molar-refractivity contribution in [2.24, 2.45) is 4.99 Å². The largest absolute Gasteiger partial charge is 0.405 e. The fourth-order valence-corrected chi connectivity index (χ4v) is 1.40. The lowest BCUT2D eigenvalue weighted by Crippen LogP contribution is -2.37. The van der Waals surface area contributed by atoms with E-state index in [2.05, 4.69) is 4.99 Å². The Morgan fingerprint density at radius 2 is 2.14 bits per heavy atom. The Balaban J connectivity index is 4.55.